The first kappa shape index (κ1) is 30.0. The molecule has 1 aromatic carbocycles. The van der Waals surface area contributed by atoms with Gasteiger partial charge in [0.05, 0.1) is 27.4 Å². The fourth-order valence-corrected chi connectivity index (χ4v) is 6.75. The number of hydrogen-bond donors (Lipinski definition) is 0. The number of hydrogen-bond acceptors (Lipinski definition) is 2. The smallest absolute Gasteiger partial charge is 0.200 e. The van der Waals surface area contributed by atoms with Crippen LogP contribution in [0.4, 0.5) is 22.0 Å². The number of unbranched alkanes of at least 4 members (excludes halogenated alkanes) is 9. The SMILES string of the molecule is CC(C)OCCOCCCCCCCCCCCC[Si](C)(C)c1c(F)c(F)c(F)c(F)c1F. The van der Waals surface area contributed by atoms with Gasteiger partial charge in [-0.2, -0.15) is 0 Å². The Kier molecular flexibility index (Phi) is 14.4. The molecule has 0 saturated carbocycles. The zero-order valence-electron chi connectivity index (χ0n) is 20.7. The molecule has 0 amide bonds. The quantitative estimate of drug-likeness (QED) is 0.0683. The monoisotopic (exact) mass is 496 g/mol. The molecule has 0 spiro atoms. The molecule has 0 saturated heterocycles. The highest BCUT2D eigenvalue weighted by molar-refractivity contribution is 6.89. The van der Waals surface area contributed by atoms with E-state index in [0.29, 0.717) is 19.3 Å². The van der Waals surface area contributed by atoms with Crippen LogP contribution in [-0.2, 0) is 9.47 Å². The molecule has 192 valence electrons. The maximum atomic E-state index is 14.1. The van der Waals surface area contributed by atoms with Gasteiger partial charge in [-0.3, -0.25) is 0 Å². The van der Waals surface area contributed by atoms with Crippen molar-refractivity contribution >= 4 is 13.3 Å². The van der Waals surface area contributed by atoms with Gasteiger partial charge in [-0.1, -0.05) is 76.9 Å². The molecule has 1 rings (SSSR count). The zero-order valence-corrected chi connectivity index (χ0v) is 21.7. The topological polar surface area (TPSA) is 18.5 Å². The average Bonchev–Trinajstić information content (AvgIpc) is 2.75. The lowest BCUT2D eigenvalue weighted by Gasteiger charge is -2.24. The summed E-state index contributed by atoms with van der Waals surface area (Å²) in [6.07, 6.45) is 11.0. The second-order valence-corrected chi connectivity index (χ2v) is 14.4. The lowest BCUT2D eigenvalue weighted by atomic mass is 10.1. The van der Waals surface area contributed by atoms with Gasteiger partial charge in [-0.25, -0.2) is 22.0 Å². The fraction of sp³-hybridized carbons (Fsp3) is 0.760. The lowest BCUT2D eigenvalue weighted by Crippen LogP contribution is -2.47. The van der Waals surface area contributed by atoms with E-state index in [-0.39, 0.29) is 6.10 Å². The molecule has 0 heterocycles. The third-order valence-corrected chi connectivity index (χ3v) is 9.30. The van der Waals surface area contributed by atoms with E-state index in [1.807, 2.05) is 13.8 Å². The minimum absolute atomic E-state index is 0.245. The highest BCUT2D eigenvalue weighted by Gasteiger charge is 2.35. The second-order valence-electron chi connectivity index (χ2n) is 9.65. The molecule has 0 N–H and O–H groups in total. The third-order valence-electron chi connectivity index (χ3n) is 5.91. The highest BCUT2D eigenvalue weighted by atomic mass is 28.3. The van der Waals surface area contributed by atoms with Crippen LogP contribution in [-0.4, -0.2) is 34.0 Å². The van der Waals surface area contributed by atoms with Crippen molar-refractivity contribution in [3.8, 4) is 0 Å². The van der Waals surface area contributed by atoms with Gasteiger partial charge < -0.3 is 9.47 Å². The Morgan fingerprint density at radius 2 is 1.00 bits per heavy atom. The van der Waals surface area contributed by atoms with E-state index in [0.717, 1.165) is 45.1 Å². The average molecular weight is 497 g/mol. The van der Waals surface area contributed by atoms with Crippen molar-refractivity contribution in [3.63, 3.8) is 0 Å². The van der Waals surface area contributed by atoms with Crippen LogP contribution in [0.2, 0.25) is 19.1 Å². The normalized spacial score (nSPS) is 12.2. The standard InChI is InChI=1S/C25H41F5O2Si/c1-19(2)32-17-16-31-15-13-11-9-7-5-6-8-10-12-14-18-33(3,4)25-23(29)21(27)20(26)22(28)24(25)30/h19H,5-18H2,1-4H3. The van der Waals surface area contributed by atoms with Gasteiger partial charge in [0.25, 0.3) is 0 Å². The first-order valence-corrected chi connectivity index (χ1v) is 15.5. The van der Waals surface area contributed by atoms with Crippen molar-refractivity contribution in [2.24, 2.45) is 0 Å². The van der Waals surface area contributed by atoms with Crippen LogP contribution >= 0.6 is 0 Å². The van der Waals surface area contributed by atoms with E-state index in [4.69, 9.17) is 9.47 Å². The number of halogens is 5. The zero-order chi connectivity index (χ0) is 24.9. The molecular weight excluding hydrogens is 455 g/mol. The van der Waals surface area contributed by atoms with E-state index >= 15 is 0 Å². The molecule has 0 aliphatic rings. The van der Waals surface area contributed by atoms with Crippen molar-refractivity contribution in [1.29, 1.82) is 0 Å². The largest absolute Gasteiger partial charge is 0.379 e. The van der Waals surface area contributed by atoms with E-state index in [1.165, 1.54) is 25.7 Å². The van der Waals surface area contributed by atoms with E-state index in [9.17, 15) is 22.0 Å². The van der Waals surface area contributed by atoms with Gasteiger partial charge in [0, 0.05) is 11.8 Å². The summed E-state index contributed by atoms with van der Waals surface area (Å²) < 4.78 is 79.5. The molecular formula is C25H41F5O2Si. The Bertz CT molecular complexity index is 669. The molecule has 2 nitrogen and oxygen atoms in total. The van der Waals surface area contributed by atoms with E-state index in [1.54, 1.807) is 13.1 Å². The Labute approximate surface area is 197 Å². The van der Waals surface area contributed by atoms with Gasteiger partial charge >= 0.3 is 0 Å². The summed E-state index contributed by atoms with van der Waals surface area (Å²) in [7, 11) is -2.78. The van der Waals surface area contributed by atoms with Crippen LogP contribution in [0, 0.1) is 29.1 Å². The summed E-state index contributed by atoms with van der Waals surface area (Å²) in [5, 5.41) is -0.576. The summed E-state index contributed by atoms with van der Waals surface area (Å²) in [5.41, 5.74) is 0. The van der Waals surface area contributed by atoms with Gasteiger partial charge in [0.2, 0.25) is 5.82 Å². The molecule has 0 fully saturated rings. The minimum atomic E-state index is -2.78. The number of rotatable bonds is 18. The highest BCUT2D eigenvalue weighted by Crippen LogP contribution is 2.23. The molecule has 0 aliphatic carbocycles. The second kappa shape index (κ2) is 15.8. The summed E-state index contributed by atoms with van der Waals surface area (Å²) in [5.74, 6) is -9.08. The number of ether oxygens (including phenoxy) is 2. The maximum absolute atomic E-state index is 14.1. The summed E-state index contributed by atoms with van der Waals surface area (Å²) in [6.45, 7) is 9.43. The molecule has 0 atom stereocenters. The van der Waals surface area contributed by atoms with Crippen LogP contribution in [0.5, 0.6) is 0 Å². The Hall–Kier alpha value is -0.993. The molecule has 0 unspecified atom stereocenters. The van der Waals surface area contributed by atoms with Gasteiger partial charge in [0.15, 0.2) is 23.3 Å². The molecule has 0 aliphatic heterocycles. The van der Waals surface area contributed by atoms with Crippen molar-refractivity contribution in [2.75, 3.05) is 19.8 Å². The minimum Gasteiger partial charge on any atom is -0.379 e. The van der Waals surface area contributed by atoms with E-state index in [2.05, 4.69) is 0 Å². The fourth-order valence-electron chi connectivity index (χ4n) is 3.95. The van der Waals surface area contributed by atoms with Crippen molar-refractivity contribution in [2.45, 2.75) is 103 Å². The van der Waals surface area contributed by atoms with Gasteiger partial charge in [-0.05, 0) is 20.3 Å². The Balaban J connectivity index is 2.10. The van der Waals surface area contributed by atoms with Crippen molar-refractivity contribution < 1.29 is 31.4 Å². The van der Waals surface area contributed by atoms with Crippen LogP contribution in [0.25, 0.3) is 0 Å². The molecule has 0 aromatic heterocycles. The van der Waals surface area contributed by atoms with Crippen LogP contribution in [0.3, 0.4) is 0 Å². The molecule has 1 aromatic rings. The van der Waals surface area contributed by atoms with E-state index < -0.39 is 42.3 Å². The Morgan fingerprint density at radius 1 is 0.576 bits per heavy atom. The lowest BCUT2D eigenvalue weighted by molar-refractivity contribution is 0.0186. The van der Waals surface area contributed by atoms with Gasteiger partial charge in [-0.15, -0.1) is 0 Å². The predicted octanol–water partition coefficient (Wildman–Crippen LogP) is 7.64. The molecule has 0 bridgehead atoms. The summed E-state index contributed by atoms with van der Waals surface area (Å²) in [6, 6.07) is 0.497. The van der Waals surface area contributed by atoms with Crippen LogP contribution in [0.15, 0.2) is 0 Å². The summed E-state index contributed by atoms with van der Waals surface area (Å²) >= 11 is 0. The first-order valence-electron chi connectivity index (χ1n) is 12.3. The third kappa shape index (κ3) is 10.9. The summed E-state index contributed by atoms with van der Waals surface area (Å²) in [4.78, 5) is 0. The molecule has 0 radical (unpaired) electrons. The number of benzene rings is 1. The molecule has 8 heteroatoms. The predicted molar refractivity (Wildman–Crippen MR) is 126 cm³/mol. The Morgan fingerprint density at radius 3 is 1.48 bits per heavy atom. The first-order chi connectivity index (χ1) is 15.6. The molecule has 33 heavy (non-hydrogen) atoms. The van der Waals surface area contributed by atoms with Gasteiger partial charge in [0.1, 0.15) is 0 Å². The van der Waals surface area contributed by atoms with Crippen LogP contribution in [0.1, 0.15) is 78.1 Å². The van der Waals surface area contributed by atoms with Crippen LogP contribution < -0.4 is 5.19 Å². The maximum Gasteiger partial charge on any atom is 0.200 e. The van der Waals surface area contributed by atoms with Crippen molar-refractivity contribution in [3.05, 3.63) is 29.1 Å². The van der Waals surface area contributed by atoms with Crippen molar-refractivity contribution in [1.82, 2.24) is 0 Å².